The minimum absolute atomic E-state index is 0.158. The van der Waals surface area contributed by atoms with E-state index in [1.54, 1.807) is 6.07 Å². The van der Waals surface area contributed by atoms with Crippen molar-refractivity contribution in [2.75, 3.05) is 5.32 Å². The molecule has 2 rings (SSSR count). The SMILES string of the molecule is Cc1ccc(CC(=O)Nc2cc(Cl)c(Cl)cc2Cl)cc1. The number of benzene rings is 2. The van der Waals surface area contributed by atoms with Crippen LogP contribution in [0.15, 0.2) is 36.4 Å². The first-order valence-electron chi connectivity index (χ1n) is 5.95. The van der Waals surface area contributed by atoms with Gasteiger partial charge in [-0.2, -0.15) is 0 Å². The zero-order valence-corrected chi connectivity index (χ0v) is 13.0. The minimum atomic E-state index is -0.158. The molecule has 104 valence electrons. The number of rotatable bonds is 3. The molecule has 20 heavy (non-hydrogen) atoms. The highest BCUT2D eigenvalue weighted by molar-refractivity contribution is 6.44. The summed E-state index contributed by atoms with van der Waals surface area (Å²) in [6, 6.07) is 10.8. The lowest BCUT2D eigenvalue weighted by molar-refractivity contribution is -0.115. The summed E-state index contributed by atoms with van der Waals surface area (Å²) < 4.78 is 0. The van der Waals surface area contributed by atoms with E-state index in [9.17, 15) is 4.79 Å². The maximum atomic E-state index is 12.0. The summed E-state index contributed by atoms with van der Waals surface area (Å²) in [4.78, 5) is 12.0. The quantitative estimate of drug-likeness (QED) is 0.777. The van der Waals surface area contributed by atoms with Crippen molar-refractivity contribution in [1.29, 1.82) is 0 Å². The highest BCUT2D eigenvalue weighted by Gasteiger charge is 2.10. The van der Waals surface area contributed by atoms with Gasteiger partial charge in [-0.15, -0.1) is 0 Å². The van der Waals surface area contributed by atoms with E-state index >= 15 is 0 Å². The number of halogens is 3. The second-order valence-corrected chi connectivity index (χ2v) is 5.68. The Labute approximate surface area is 132 Å². The second-order valence-electron chi connectivity index (χ2n) is 4.46. The molecule has 0 saturated carbocycles. The summed E-state index contributed by atoms with van der Waals surface area (Å²) in [5.74, 6) is -0.158. The van der Waals surface area contributed by atoms with Gasteiger partial charge in [-0.3, -0.25) is 4.79 Å². The van der Waals surface area contributed by atoms with Gasteiger partial charge < -0.3 is 5.32 Å². The number of nitrogens with one attached hydrogen (secondary N) is 1. The van der Waals surface area contributed by atoms with Gasteiger partial charge in [-0.1, -0.05) is 64.6 Å². The molecule has 0 unspecified atom stereocenters. The number of hydrogen-bond donors (Lipinski definition) is 1. The topological polar surface area (TPSA) is 29.1 Å². The Morgan fingerprint density at radius 2 is 1.60 bits per heavy atom. The standard InChI is InChI=1S/C15H12Cl3NO/c1-9-2-4-10(5-3-9)6-15(20)19-14-8-12(17)11(16)7-13(14)18/h2-5,7-8H,6H2,1H3,(H,19,20). The Bertz CT molecular complexity index is 638. The van der Waals surface area contributed by atoms with Crippen molar-refractivity contribution in [3.05, 3.63) is 62.6 Å². The van der Waals surface area contributed by atoms with Crippen LogP contribution in [0.25, 0.3) is 0 Å². The Morgan fingerprint density at radius 1 is 1.00 bits per heavy atom. The summed E-state index contributed by atoms with van der Waals surface area (Å²) in [6.45, 7) is 2.00. The van der Waals surface area contributed by atoms with Crippen molar-refractivity contribution < 1.29 is 4.79 Å². The summed E-state index contributed by atoms with van der Waals surface area (Å²) in [5.41, 5.74) is 2.55. The van der Waals surface area contributed by atoms with E-state index in [0.717, 1.165) is 11.1 Å². The Hall–Kier alpha value is -1.22. The smallest absolute Gasteiger partial charge is 0.228 e. The number of carbonyl (C=O) groups is 1. The molecule has 0 fully saturated rings. The molecule has 0 aliphatic carbocycles. The molecule has 2 aromatic carbocycles. The normalized spacial score (nSPS) is 10.4. The van der Waals surface area contributed by atoms with E-state index in [4.69, 9.17) is 34.8 Å². The van der Waals surface area contributed by atoms with Gasteiger partial charge in [-0.25, -0.2) is 0 Å². The molecule has 1 N–H and O–H groups in total. The van der Waals surface area contributed by atoms with Crippen LogP contribution in [-0.2, 0) is 11.2 Å². The third kappa shape index (κ3) is 3.89. The molecule has 0 radical (unpaired) electrons. The van der Waals surface area contributed by atoms with Gasteiger partial charge in [0.15, 0.2) is 0 Å². The Morgan fingerprint density at radius 3 is 2.25 bits per heavy atom. The van der Waals surface area contributed by atoms with Crippen molar-refractivity contribution in [2.24, 2.45) is 0 Å². The predicted molar refractivity (Wildman–Crippen MR) is 85.0 cm³/mol. The molecule has 0 aliphatic rings. The molecule has 5 heteroatoms. The van der Waals surface area contributed by atoms with Crippen LogP contribution in [0, 0.1) is 6.92 Å². The van der Waals surface area contributed by atoms with E-state index in [0.29, 0.717) is 20.8 Å². The molecule has 2 nitrogen and oxygen atoms in total. The van der Waals surface area contributed by atoms with Crippen LogP contribution in [0.2, 0.25) is 15.1 Å². The van der Waals surface area contributed by atoms with E-state index in [-0.39, 0.29) is 12.3 Å². The number of anilines is 1. The molecule has 0 spiro atoms. The molecule has 0 atom stereocenters. The van der Waals surface area contributed by atoms with Crippen LogP contribution in [0.5, 0.6) is 0 Å². The van der Waals surface area contributed by atoms with Crippen molar-refractivity contribution in [3.8, 4) is 0 Å². The zero-order valence-electron chi connectivity index (χ0n) is 10.7. The van der Waals surface area contributed by atoms with Crippen molar-refractivity contribution >= 4 is 46.4 Å². The van der Waals surface area contributed by atoms with Gasteiger partial charge in [-0.05, 0) is 24.6 Å². The van der Waals surface area contributed by atoms with E-state index in [1.807, 2.05) is 31.2 Å². The molecule has 0 aromatic heterocycles. The largest absolute Gasteiger partial charge is 0.324 e. The summed E-state index contributed by atoms with van der Waals surface area (Å²) in [5, 5.41) is 3.79. The van der Waals surface area contributed by atoms with Crippen molar-refractivity contribution in [1.82, 2.24) is 0 Å². The zero-order chi connectivity index (χ0) is 14.7. The Balaban J connectivity index is 2.08. The molecule has 0 heterocycles. The third-order valence-electron chi connectivity index (χ3n) is 2.77. The fraction of sp³-hybridized carbons (Fsp3) is 0.133. The van der Waals surface area contributed by atoms with Gasteiger partial charge in [0, 0.05) is 0 Å². The average molecular weight is 329 g/mol. The summed E-state index contributed by atoms with van der Waals surface area (Å²) in [7, 11) is 0. The first-order chi connectivity index (χ1) is 9.45. The van der Waals surface area contributed by atoms with E-state index < -0.39 is 0 Å². The van der Waals surface area contributed by atoms with Crippen LogP contribution in [-0.4, -0.2) is 5.91 Å². The first kappa shape index (κ1) is 15.2. The van der Waals surface area contributed by atoms with Crippen LogP contribution in [0.1, 0.15) is 11.1 Å². The van der Waals surface area contributed by atoms with E-state index in [1.165, 1.54) is 6.07 Å². The number of carbonyl (C=O) groups excluding carboxylic acids is 1. The molecule has 2 aromatic rings. The maximum Gasteiger partial charge on any atom is 0.228 e. The maximum absolute atomic E-state index is 12.0. The summed E-state index contributed by atoms with van der Waals surface area (Å²) >= 11 is 17.8. The monoisotopic (exact) mass is 327 g/mol. The highest BCUT2D eigenvalue weighted by atomic mass is 35.5. The van der Waals surface area contributed by atoms with Crippen LogP contribution in [0.3, 0.4) is 0 Å². The predicted octanol–water partition coefficient (Wildman–Crippen LogP) is 5.14. The molecule has 0 aliphatic heterocycles. The van der Waals surface area contributed by atoms with Crippen molar-refractivity contribution in [2.45, 2.75) is 13.3 Å². The highest BCUT2D eigenvalue weighted by Crippen LogP contribution is 2.32. The fourth-order valence-electron chi connectivity index (χ4n) is 1.70. The van der Waals surface area contributed by atoms with Gasteiger partial charge in [0.25, 0.3) is 0 Å². The summed E-state index contributed by atoms with van der Waals surface area (Å²) in [6.07, 6.45) is 0.275. The molecule has 0 bridgehead atoms. The average Bonchev–Trinajstić information content (AvgIpc) is 2.39. The van der Waals surface area contributed by atoms with Gasteiger partial charge in [0.05, 0.1) is 27.2 Å². The van der Waals surface area contributed by atoms with Crippen LogP contribution < -0.4 is 5.32 Å². The van der Waals surface area contributed by atoms with E-state index in [2.05, 4.69) is 5.32 Å². The number of hydrogen-bond acceptors (Lipinski definition) is 1. The molecular formula is C15H12Cl3NO. The Kier molecular flexibility index (Phi) is 4.92. The molecule has 0 saturated heterocycles. The third-order valence-corrected chi connectivity index (χ3v) is 3.80. The van der Waals surface area contributed by atoms with Gasteiger partial charge in [0.1, 0.15) is 0 Å². The van der Waals surface area contributed by atoms with Gasteiger partial charge >= 0.3 is 0 Å². The number of amides is 1. The number of aryl methyl sites for hydroxylation is 1. The molecular weight excluding hydrogens is 317 g/mol. The second kappa shape index (κ2) is 6.49. The van der Waals surface area contributed by atoms with Crippen molar-refractivity contribution in [3.63, 3.8) is 0 Å². The lowest BCUT2D eigenvalue weighted by Crippen LogP contribution is -2.14. The fourth-order valence-corrected chi connectivity index (χ4v) is 2.30. The lowest BCUT2D eigenvalue weighted by atomic mass is 10.1. The lowest BCUT2D eigenvalue weighted by Gasteiger charge is -2.09. The van der Waals surface area contributed by atoms with Crippen LogP contribution in [0.4, 0.5) is 5.69 Å². The van der Waals surface area contributed by atoms with Crippen LogP contribution >= 0.6 is 34.8 Å². The minimum Gasteiger partial charge on any atom is -0.324 e. The first-order valence-corrected chi connectivity index (χ1v) is 7.09. The molecule has 1 amide bonds. The van der Waals surface area contributed by atoms with Gasteiger partial charge in [0.2, 0.25) is 5.91 Å².